The van der Waals surface area contributed by atoms with Crippen molar-refractivity contribution in [1.82, 2.24) is 4.90 Å². The molecular weight excluding hydrogens is 363 g/mol. The van der Waals surface area contributed by atoms with E-state index >= 15 is 0 Å². The SMILES string of the molecule is CC(=O)c1ccccc1C(=O)O.O=C(Nc1ccc(F)cc1)N1CCCCC1. The van der Waals surface area contributed by atoms with Crippen molar-refractivity contribution in [3.63, 3.8) is 0 Å². The standard InChI is InChI=1S/C12H15FN2O.C9H8O3/c13-10-4-6-11(7-5-10)14-12(16)15-8-2-1-3-9-15;1-6(10)7-4-2-3-5-8(7)9(11)12/h4-7H,1-3,8-9H2,(H,14,16);2-5H,1H3,(H,11,12). The van der Waals surface area contributed by atoms with Crippen LogP contribution in [0.5, 0.6) is 0 Å². The molecule has 0 bridgehead atoms. The summed E-state index contributed by atoms with van der Waals surface area (Å²) in [5.74, 6) is -1.59. The number of carbonyl (C=O) groups is 3. The van der Waals surface area contributed by atoms with Gasteiger partial charge in [0.05, 0.1) is 5.56 Å². The Hall–Kier alpha value is -3.22. The number of hydrogen-bond donors (Lipinski definition) is 2. The number of rotatable bonds is 3. The molecule has 6 nitrogen and oxygen atoms in total. The smallest absolute Gasteiger partial charge is 0.336 e. The van der Waals surface area contributed by atoms with Crippen LogP contribution in [0.3, 0.4) is 0 Å². The highest BCUT2D eigenvalue weighted by Crippen LogP contribution is 2.13. The summed E-state index contributed by atoms with van der Waals surface area (Å²) in [6, 6.07) is 11.9. The van der Waals surface area contributed by atoms with Gasteiger partial charge in [0.1, 0.15) is 5.82 Å². The topological polar surface area (TPSA) is 86.7 Å². The molecule has 1 fully saturated rings. The van der Waals surface area contributed by atoms with Gasteiger partial charge in [-0.25, -0.2) is 14.0 Å². The third kappa shape index (κ3) is 6.19. The van der Waals surface area contributed by atoms with Crippen LogP contribution in [0.15, 0.2) is 48.5 Å². The Balaban J connectivity index is 0.000000209. The van der Waals surface area contributed by atoms with E-state index < -0.39 is 5.97 Å². The second kappa shape index (κ2) is 10.2. The van der Waals surface area contributed by atoms with Gasteiger partial charge in [-0.3, -0.25) is 4.79 Å². The number of likely N-dealkylation sites (tertiary alicyclic amines) is 1. The fraction of sp³-hybridized carbons (Fsp3) is 0.286. The molecule has 2 amide bonds. The van der Waals surface area contributed by atoms with Gasteiger partial charge in [-0.05, 0) is 56.5 Å². The first-order valence-corrected chi connectivity index (χ1v) is 9.03. The minimum atomic E-state index is -1.07. The predicted molar refractivity (Wildman–Crippen MR) is 104 cm³/mol. The molecule has 2 aromatic rings. The Morgan fingerprint density at radius 3 is 2.00 bits per heavy atom. The first-order valence-electron chi connectivity index (χ1n) is 9.03. The second-order valence-corrected chi connectivity index (χ2v) is 6.39. The maximum absolute atomic E-state index is 12.7. The number of nitrogens with zero attached hydrogens (tertiary/aromatic N) is 1. The van der Waals surface area contributed by atoms with Crippen molar-refractivity contribution >= 4 is 23.5 Å². The molecular formula is C21H23FN2O4. The lowest BCUT2D eigenvalue weighted by Crippen LogP contribution is -2.38. The van der Waals surface area contributed by atoms with Crippen LogP contribution >= 0.6 is 0 Å². The summed E-state index contributed by atoms with van der Waals surface area (Å²) < 4.78 is 12.7. The molecule has 0 aliphatic carbocycles. The lowest BCUT2D eigenvalue weighted by atomic mass is 10.1. The summed E-state index contributed by atoms with van der Waals surface area (Å²) in [6.45, 7) is 2.97. The largest absolute Gasteiger partial charge is 0.478 e. The first kappa shape index (κ1) is 21.1. The number of halogens is 1. The Kier molecular flexibility index (Phi) is 7.68. The molecule has 0 aromatic heterocycles. The predicted octanol–water partition coefficient (Wildman–Crippen LogP) is 4.43. The van der Waals surface area contributed by atoms with Gasteiger partial charge in [0.25, 0.3) is 0 Å². The molecule has 0 unspecified atom stereocenters. The van der Waals surface area contributed by atoms with E-state index in [1.807, 2.05) is 0 Å². The Morgan fingerprint density at radius 1 is 0.929 bits per heavy atom. The highest BCUT2D eigenvalue weighted by Gasteiger charge is 2.16. The van der Waals surface area contributed by atoms with Crippen LogP contribution in [0.2, 0.25) is 0 Å². The molecule has 2 aromatic carbocycles. The minimum absolute atomic E-state index is 0.0602. The summed E-state index contributed by atoms with van der Waals surface area (Å²) in [5.41, 5.74) is 0.951. The van der Waals surface area contributed by atoms with Crippen molar-refractivity contribution in [3.05, 3.63) is 65.5 Å². The number of piperidine rings is 1. The Morgan fingerprint density at radius 2 is 1.50 bits per heavy atom. The number of Topliss-reactive ketones (excluding diaryl/α,β-unsaturated/α-hetero) is 1. The zero-order valence-corrected chi connectivity index (χ0v) is 15.7. The number of anilines is 1. The fourth-order valence-corrected chi connectivity index (χ4v) is 2.81. The molecule has 7 heteroatoms. The number of nitrogens with one attached hydrogen (secondary N) is 1. The lowest BCUT2D eigenvalue weighted by Gasteiger charge is -2.26. The van der Waals surface area contributed by atoms with Gasteiger partial charge in [-0.1, -0.05) is 18.2 Å². The molecule has 1 heterocycles. The van der Waals surface area contributed by atoms with Crippen LogP contribution in [0, 0.1) is 5.82 Å². The first-order chi connectivity index (χ1) is 13.4. The van der Waals surface area contributed by atoms with Gasteiger partial charge < -0.3 is 15.3 Å². The van der Waals surface area contributed by atoms with Gasteiger partial charge >= 0.3 is 12.0 Å². The van der Waals surface area contributed by atoms with E-state index in [1.165, 1.54) is 37.6 Å². The van der Waals surface area contributed by atoms with Crippen LogP contribution in [0.25, 0.3) is 0 Å². The average Bonchev–Trinajstić information content (AvgIpc) is 2.71. The highest BCUT2D eigenvalue weighted by molar-refractivity contribution is 6.04. The van der Waals surface area contributed by atoms with E-state index in [0.717, 1.165) is 25.9 Å². The van der Waals surface area contributed by atoms with Crippen molar-refractivity contribution in [2.75, 3.05) is 18.4 Å². The average molecular weight is 386 g/mol. The molecule has 148 valence electrons. The maximum Gasteiger partial charge on any atom is 0.336 e. The number of carboxylic acid groups (broad SMARTS) is 1. The number of ketones is 1. The minimum Gasteiger partial charge on any atom is -0.478 e. The van der Waals surface area contributed by atoms with Crippen LogP contribution in [0.4, 0.5) is 14.9 Å². The molecule has 1 saturated heterocycles. The number of amides is 2. The normalized spacial score (nSPS) is 13.1. The van der Waals surface area contributed by atoms with Crippen LogP contribution in [0.1, 0.15) is 46.9 Å². The van der Waals surface area contributed by atoms with E-state index in [-0.39, 0.29) is 28.8 Å². The van der Waals surface area contributed by atoms with Gasteiger partial charge in [0, 0.05) is 24.3 Å². The number of carboxylic acids is 1. The molecule has 0 saturated carbocycles. The molecule has 1 aliphatic rings. The zero-order valence-electron chi connectivity index (χ0n) is 15.7. The van der Waals surface area contributed by atoms with Gasteiger partial charge in [0.15, 0.2) is 5.78 Å². The van der Waals surface area contributed by atoms with Crippen molar-refractivity contribution in [2.45, 2.75) is 26.2 Å². The molecule has 0 atom stereocenters. The van der Waals surface area contributed by atoms with E-state index in [1.54, 1.807) is 29.2 Å². The van der Waals surface area contributed by atoms with E-state index in [0.29, 0.717) is 5.69 Å². The number of carbonyl (C=O) groups excluding carboxylic acids is 2. The quantitative estimate of drug-likeness (QED) is 0.764. The number of hydrogen-bond acceptors (Lipinski definition) is 3. The van der Waals surface area contributed by atoms with Crippen molar-refractivity contribution in [1.29, 1.82) is 0 Å². The molecule has 3 rings (SSSR count). The number of urea groups is 1. The second-order valence-electron chi connectivity index (χ2n) is 6.39. The highest BCUT2D eigenvalue weighted by atomic mass is 19.1. The van der Waals surface area contributed by atoms with Crippen molar-refractivity contribution < 1.29 is 23.9 Å². The third-order valence-electron chi connectivity index (χ3n) is 4.28. The van der Waals surface area contributed by atoms with Crippen LogP contribution < -0.4 is 5.32 Å². The van der Waals surface area contributed by atoms with Gasteiger partial charge in [0.2, 0.25) is 0 Å². The van der Waals surface area contributed by atoms with Gasteiger partial charge in [-0.15, -0.1) is 0 Å². The maximum atomic E-state index is 12.7. The monoisotopic (exact) mass is 386 g/mol. The molecule has 1 aliphatic heterocycles. The summed E-state index contributed by atoms with van der Waals surface area (Å²) in [7, 11) is 0. The lowest BCUT2D eigenvalue weighted by molar-refractivity contribution is 0.0692. The summed E-state index contributed by atoms with van der Waals surface area (Å²) in [6.07, 6.45) is 3.33. The molecule has 0 radical (unpaired) electrons. The fourth-order valence-electron chi connectivity index (χ4n) is 2.81. The molecule has 2 N–H and O–H groups in total. The van der Waals surface area contributed by atoms with Crippen LogP contribution in [-0.2, 0) is 0 Å². The van der Waals surface area contributed by atoms with E-state index in [9.17, 15) is 18.8 Å². The Labute approximate surface area is 163 Å². The zero-order chi connectivity index (χ0) is 20.5. The number of aromatic carboxylic acids is 1. The number of benzene rings is 2. The summed E-state index contributed by atoms with van der Waals surface area (Å²) >= 11 is 0. The Bertz CT molecular complexity index is 798. The summed E-state index contributed by atoms with van der Waals surface area (Å²) in [5, 5.41) is 11.4. The third-order valence-corrected chi connectivity index (χ3v) is 4.28. The van der Waals surface area contributed by atoms with E-state index in [4.69, 9.17) is 5.11 Å². The van der Waals surface area contributed by atoms with E-state index in [2.05, 4.69) is 5.32 Å². The van der Waals surface area contributed by atoms with Crippen molar-refractivity contribution in [2.24, 2.45) is 0 Å². The molecule has 0 spiro atoms. The molecule has 28 heavy (non-hydrogen) atoms. The van der Waals surface area contributed by atoms with Gasteiger partial charge in [-0.2, -0.15) is 0 Å². The summed E-state index contributed by atoms with van der Waals surface area (Å²) in [4.78, 5) is 35.1. The van der Waals surface area contributed by atoms with Crippen LogP contribution in [-0.4, -0.2) is 40.9 Å². The van der Waals surface area contributed by atoms with Crippen molar-refractivity contribution in [3.8, 4) is 0 Å².